The largest absolute Gasteiger partial charge is 0.473 e. The van der Waals surface area contributed by atoms with Gasteiger partial charge in [0.25, 0.3) is 0 Å². The molecule has 74 valence electrons. The molecule has 0 radical (unpaired) electrons. The average Bonchev–Trinajstić information content (AvgIpc) is 2.18. The second kappa shape index (κ2) is 4.41. The predicted octanol–water partition coefficient (Wildman–Crippen LogP) is 1.24. The van der Waals surface area contributed by atoms with Crippen LogP contribution in [0.3, 0.4) is 0 Å². The van der Waals surface area contributed by atoms with Crippen molar-refractivity contribution >= 4 is 11.9 Å². The van der Waals surface area contributed by atoms with Gasteiger partial charge in [-0.15, -0.1) is 0 Å². The van der Waals surface area contributed by atoms with Gasteiger partial charge >= 0.3 is 11.9 Å². The molecule has 0 aliphatic carbocycles. The molecule has 0 spiro atoms. The van der Waals surface area contributed by atoms with E-state index < -0.39 is 11.9 Å². The van der Waals surface area contributed by atoms with E-state index in [1.54, 1.807) is 24.3 Å². The van der Waals surface area contributed by atoms with Crippen LogP contribution in [-0.4, -0.2) is 17.0 Å². The summed E-state index contributed by atoms with van der Waals surface area (Å²) in [6.07, 6.45) is 0.684. The molecule has 0 aromatic heterocycles. The Labute approximate surface area is 81.1 Å². The second-order valence-electron chi connectivity index (χ2n) is 2.66. The van der Waals surface area contributed by atoms with Crippen molar-refractivity contribution in [3.8, 4) is 5.75 Å². The molecule has 0 aliphatic rings. The fourth-order valence-electron chi connectivity index (χ4n) is 1.04. The number of carbonyl (C=O) groups excluding carboxylic acids is 1. The molecule has 0 unspecified atom stereocenters. The van der Waals surface area contributed by atoms with Crippen molar-refractivity contribution in [3.05, 3.63) is 29.8 Å². The lowest BCUT2D eigenvalue weighted by molar-refractivity contribution is -0.158. The molecule has 0 saturated carbocycles. The lowest BCUT2D eigenvalue weighted by Gasteiger charge is -2.05. The smallest absolute Gasteiger partial charge is 0.422 e. The van der Waals surface area contributed by atoms with Gasteiger partial charge in [-0.05, 0) is 18.1 Å². The third kappa shape index (κ3) is 2.32. The Morgan fingerprint density at radius 1 is 1.36 bits per heavy atom. The van der Waals surface area contributed by atoms with E-state index in [1.165, 1.54) is 0 Å². The van der Waals surface area contributed by atoms with Gasteiger partial charge in [0, 0.05) is 0 Å². The molecule has 0 fully saturated rings. The van der Waals surface area contributed by atoms with Crippen molar-refractivity contribution in [2.24, 2.45) is 0 Å². The molecule has 0 aliphatic heterocycles. The minimum atomic E-state index is -1.59. The molecule has 0 heterocycles. The van der Waals surface area contributed by atoms with Crippen LogP contribution in [0, 0.1) is 0 Å². The molecule has 0 amide bonds. The van der Waals surface area contributed by atoms with Crippen LogP contribution < -0.4 is 4.74 Å². The molecular formula is C10H10O4. The molecule has 1 N–H and O–H groups in total. The summed E-state index contributed by atoms with van der Waals surface area (Å²) >= 11 is 0. The minimum Gasteiger partial charge on any atom is -0.473 e. The molecule has 0 saturated heterocycles. The number of hydrogen-bond acceptors (Lipinski definition) is 3. The molecule has 0 bridgehead atoms. The third-order valence-corrected chi connectivity index (χ3v) is 1.73. The van der Waals surface area contributed by atoms with Gasteiger partial charge in [-0.2, -0.15) is 0 Å². The highest BCUT2D eigenvalue weighted by Gasteiger charge is 2.15. The van der Waals surface area contributed by atoms with Crippen molar-refractivity contribution in [2.75, 3.05) is 0 Å². The molecule has 14 heavy (non-hydrogen) atoms. The van der Waals surface area contributed by atoms with E-state index in [4.69, 9.17) is 5.11 Å². The van der Waals surface area contributed by atoms with Crippen LogP contribution in [0.15, 0.2) is 24.3 Å². The van der Waals surface area contributed by atoms with Gasteiger partial charge in [-0.1, -0.05) is 25.1 Å². The van der Waals surface area contributed by atoms with E-state index in [0.717, 1.165) is 5.56 Å². The lowest BCUT2D eigenvalue weighted by Crippen LogP contribution is -2.19. The van der Waals surface area contributed by atoms with Crippen molar-refractivity contribution in [1.29, 1.82) is 0 Å². The van der Waals surface area contributed by atoms with E-state index in [2.05, 4.69) is 4.74 Å². The summed E-state index contributed by atoms with van der Waals surface area (Å²) < 4.78 is 4.66. The number of ether oxygens (including phenoxy) is 1. The van der Waals surface area contributed by atoms with Gasteiger partial charge in [0.05, 0.1) is 0 Å². The number of carboxylic acid groups (broad SMARTS) is 1. The number of esters is 1. The summed E-state index contributed by atoms with van der Waals surface area (Å²) in [5, 5.41) is 8.33. The topological polar surface area (TPSA) is 63.6 Å². The number of benzene rings is 1. The number of para-hydroxylation sites is 1. The Hall–Kier alpha value is -1.84. The summed E-state index contributed by atoms with van der Waals surface area (Å²) in [5.74, 6) is -2.54. The standard InChI is InChI=1S/C10H10O4/c1-2-7-5-3-4-6-8(7)14-10(13)9(11)12/h3-6H,2H2,1H3,(H,11,12). The Kier molecular flexibility index (Phi) is 3.23. The van der Waals surface area contributed by atoms with Crippen LogP contribution in [0.5, 0.6) is 5.75 Å². The molecule has 4 heteroatoms. The minimum absolute atomic E-state index is 0.308. The highest BCUT2D eigenvalue weighted by molar-refractivity contribution is 6.29. The van der Waals surface area contributed by atoms with Crippen molar-refractivity contribution in [3.63, 3.8) is 0 Å². The highest BCUT2D eigenvalue weighted by atomic mass is 16.6. The quantitative estimate of drug-likeness (QED) is 0.437. The van der Waals surface area contributed by atoms with Crippen molar-refractivity contribution in [1.82, 2.24) is 0 Å². The Balaban J connectivity index is 2.85. The number of carbonyl (C=O) groups is 2. The summed E-state index contributed by atoms with van der Waals surface area (Å²) in [6, 6.07) is 6.84. The first-order valence-corrected chi connectivity index (χ1v) is 4.18. The van der Waals surface area contributed by atoms with E-state index in [1.807, 2.05) is 6.92 Å². The van der Waals surface area contributed by atoms with Crippen LogP contribution in [0.1, 0.15) is 12.5 Å². The molecule has 4 nitrogen and oxygen atoms in total. The maximum absolute atomic E-state index is 10.8. The Morgan fingerprint density at radius 3 is 2.57 bits per heavy atom. The van der Waals surface area contributed by atoms with Crippen LogP contribution in [0.25, 0.3) is 0 Å². The van der Waals surface area contributed by atoms with Gasteiger partial charge < -0.3 is 9.84 Å². The van der Waals surface area contributed by atoms with Gasteiger partial charge in [-0.3, -0.25) is 0 Å². The average molecular weight is 194 g/mol. The van der Waals surface area contributed by atoms with Gasteiger partial charge in [0.1, 0.15) is 5.75 Å². The number of carboxylic acids is 1. The zero-order valence-corrected chi connectivity index (χ0v) is 7.69. The van der Waals surface area contributed by atoms with Crippen molar-refractivity contribution < 1.29 is 19.4 Å². The zero-order valence-electron chi connectivity index (χ0n) is 7.69. The third-order valence-electron chi connectivity index (χ3n) is 1.73. The summed E-state index contributed by atoms with van der Waals surface area (Å²) in [7, 11) is 0. The van der Waals surface area contributed by atoms with Gasteiger partial charge in [0.15, 0.2) is 0 Å². The van der Waals surface area contributed by atoms with Crippen LogP contribution in [0.4, 0.5) is 0 Å². The first-order chi connectivity index (χ1) is 6.65. The Bertz CT molecular complexity index is 357. The fraction of sp³-hybridized carbons (Fsp3) is 0.200. The first kappa shape index (κ1) is 10.2. The molecule has 1 aromatic carbocycles. The Morgan fingerprint density at radius 2 is 2.00 bits per heavy atom. The van der Waals surface area contributed by atoms with Crippen LogP contribution in [0.2, 0.25) is 0 Å². The van der Waals surface area contributed by atoms with Gasteiger partial charge in [-0.25, -0.2) is 9.59 Å². The highest BCUT2D eigenvalue weighted by Crippen LogP contribution is 2.18. The number of aryl methyl sites for hydroxylation is 1. The van der Waals surface area contributed by atoms with E-state index in [-0.39, 0.29) is 0 Å². The molecule has 1 aromatic rings. The maximum Gasteiger partial charge on any atom is 0.422 e. The summed E-state index contributed by atoms with van der Waals surface area (Å²) in [5.41, 5.74) is 0.808. The monoisotopic (exact) mass is 194 g/mol. The van der Waals surface area contributed by atoms with E-state index in [9.17, 15) is 9.59 Å². The van der Waals surface area contributed by atoms with Crippen LogP contribution in [-0.2, 0) is 16.0 Å². The molecule has 0 atom stereocenters. The molecule has 1 rings (SSSR count). The van der Waals surface area contributed by atoms with E-state index >= 15 is 0 Å². The fourth-order valence-corrected chi connectivity index (χ4v) is 1.04. The maximum atomic E-state index is 10.8. The summed E-state index contributed by atoms with van der Waals surface area (Å²) in [4.78, 5) is 21.0. The van der Waals surface area contributed by atoms with E-state index in [0.29, 0.717) is 12.2 Å². The second-order valence-corrected chi connectivity index (χ2v) is 2.66. The zero-order chi connectivity index (χ0) is 10.6. The van der Waals surface area contributed by atoms with Gasteiger partial charge in [0.2, 0.25) is 0 Å². The summed E-state index contributed by atoms with van der Waals surface area (Å²) in [6.45, 7) is 1.90. The number of rotatable bonds is 2. The number of hydrogen-bond donors (Lipinski definition) is 1. The lowest BCUT2D eigenvalue weighted by atomic mass is 10.1. The first-order valence-electron chi connectivity index (χ1n) is 4.18. The SMILES string of the molecule is CCc1ccccc1OC(=O)C(=O)O. The van der Waals surface area contributed by atoms with Crippen LogP contribution >= 0.6 is 0 Å². The van der Waals surface area contributed by atoms with Crippen molar-refractivity contribution in [2.45, 2.75) is 13.3 Å². The predicted molar refractivity (Wildman–Crippen MR) is 49.1 cm³/mol. The molecular weight excluding hydrogens is 184 g/mol. The number of aliphatic carboxylic acids is 1. The normalized spacial score (nSPS) is 9.50.